The Kier molecular flexibility index (Phi) is 4.65. The molecule has 1 aromatic carbocycles. The van der Waals surface area contributed by atoms with E-state index < -0.39 is 6.04 Å². The Morgan fingerprint density at radius 1 is 1.35 bits per heavy atom. The van der Waals surface area contributed by atoms with Crippen LogP contribution in [0.4, 0.5) is 11.4 Å². The van der Waals surface area contributed by atoms with Crippen molar-refractivity contribution >= 4 is 17.3 Å². The van der Waals surface area contributed by atoms with Crippen LogP contribution in [0.3, 0.4) is 0 Å². The lowest BCUT2D eigenvalue weighted by Crippen LogP contribution is -2.31. The molecule has 0 aromatic heterocycles. The third-order valence-corrected chi connectivity index (χ3v) is 3.87. The van der Waals surface area contributed by atoms with Crippen LogP contribution < -0.4 is 16.0 Å². The first-order valence-corrected chi connectivity index (χ1v) is 7.51. The third kappa shape index (κ3) is 2.96. The van der Waals surface area contributed by atoms with Gasteiger partial charge in [0.05, 0.1) is 0 Å². The fourth-order valence-corrected chi connectivity index (χ4v) is 2.67. The Labute approximate surface area is 121 Å². The average Bonchev–Trinajstić information content (AvgIpc) is 2.69. The summed E-state index contributed by atoms with van der Waals surface area (Å²) in [4.78, 5) is 14.0. The second-order valence-corrected chi connectivity index (χ2v) is 5.73. The van der Waals surface area contributed by atoms with E-state index in [4.69, 9.17) is 5.73 Å². The molecule has 4 heteroatoms. The van der Waals surface area contributed by atoms with Crippen LogP contribution in [-0.2, 0) is 4.79 Å². The topological polar surface area (TPSA) is 58.4 Å². The van der Waals surface area contributed by atoms with Gasteiger partial charge in [-0.2, -0.15) is 0 Å². The van der Waals surface area contributed by atoms with E-state index in [0.29, 0.717) is 6.04 Å². The molecule has 1 atom stereocenters. The van der Waals surface area contributed by atoms with Gasteiger partial charge in [0.1, 0.15) is 6.04 Å². The smallest absolute Gasteiger partial charge is 0.245 e. The maximum Gasteiger partial charge on any atom is 0.245 e. The molecule has 0 spiro atoms. The van der Waals surface area contributed by atoms with Gasteiger partial charge in [-0.3, -0.25) is 4.79 Å². The minimum Gasteiger partial charge on any atom is -0.369 e. The van der Waals surface area contributed by atoms with Gasteiger partial charge in [0.2, 0.25) is 5.91 Å². The number of hydrogen-bond donors (Lipinski definition) is 2. The van der Waals surface area contributed by atoms with Crippen LogP contribution in [0.15, 0.2) is 18.2 Å². The Bertz CT molecular complexity index is 485. The van der Waals surface area contributed by atoms with E-state index in [1.165, 1.54) is 19.3 Å². The zero-order valence-corrected chi connectivity index (χ0v) is 12.6. The zero-order valence-electron chi connectivity index (χ0n) is 12.6. The van der Waals surface area contributed by atoms with E-state index in [9.17, 15) is 4.79 Å². The number of benzene rings is 1. The quantitative estimate of drug-likeness (QED) is 0.785. The van der Waals surface area contributed by atoms with Crippen LogP contribution in [0.5, 0.6) is 0 Å². The van der Waals surface area contributed by atoms with Crippen molar-refractivity contribution in [3.8, 4) is 0 Å². The molecule has 1 aromatic rings. The first kappa shape index (κ1) is 14.9. The molecule has 0 radical (unpaired) electrons. The van der Waals surface area contributed by atoms with Crippen molar-refractivity contribution in [2.75, 3.05) is 16.8 Å². The van der Waals surface area contributed by atoms with E-state index in [2.05, 4.69) is 37.1 Å². The molecule has 1 aliphatic rings. The summed E-state index contributed by atoms with van der Waals surface area (Å²) in [6, 6.07) is 6.02. The van der Waals surface area contributed by atoms with E-state index in [-0.39, 0.29) is 5.91 Å². The maximum atomic E-state index is 11.6. The summed E-state index contributed by atoms with van der Waals surface area (Å²) in [5.41, 5.74) is 8.77. The average molecular weight is 275 g/mol. The lowest BCUT2D eigenvalue weighted by Gasteiger charge is -2.29. The van der Waals surface area contributed by atoms with Crippen LogP contribution >= 0.6 is 0 Å². The first-order valence-electron chi connectivity index (χ1n) is 7.51. The van der Waals surface area contributed by atoms with Crippen LogP contribution in [0.1, 0.15) is 51.6 Å². The summed E-state index contributed by atoms with van der Waals surface area (Å²) in [7, 11) is 0. The predicted octanol–water partition coefficient (Wildman–Crippen LogP) is 3.04. The normalized spacial score (nSPS) is 17.2. The lowest BCUT2D eigenvalue weighted by molar-refractivity contribution is -0.116. The molecule has 0 saturated heterocycles. The number of carbonyl (C=O) groups excluding carboxylic acids is 1. The second-order valence-electron chi connectivity index (χ2n) is 5.73. The highest BCUT2D eigenvalue weighted by molar-refractivity contribution is 6.02. The maximum absolute atomic E-state index is 11.6. The van der Waals surface area contributed by atoms with Crippen LogP contribution in [0, 0.1) is 0 Å². The highest BCUT2D eigenvalue weighted by Gasteiger charge is 2.27. The Morgan fingerprint density at radius 2 is 2.10 bits per heavy atom. The number of nitrogens with two attached hydrogens (primary N) is 1. The van der Waals surface area contributed by atoms with Gasteiger partial charge in [-0.1, -0.05) is 25.8 Å². The molecule has 1 heterocycles. The number of amides is 1. The van der Waals surface area contributed by atoms with Gasteiger partial charge in [0.15, 0.2) is 0 Å². The third-order valence-electron chi connectivity index (χ3n) is 3.87. The number of carbonyl (C=O) groups is 1. The van der Waals surface area contributed by atoms with Crippen LogP contribution in [0.25, 0.3) is 0 Å². The van der Waals surface area contributed by atoms with Crippen LogP contribution in [-0.4, -0.2) is 18.5 Å². The highest BCUT2D eigenvalue weighted by Crippen LogP contribution is 2.33. The van der Waals surface area contributed by atoms with Crippen molar-refractivity contribution < 1.29 is 4.79 Å². The molecule has 0 fully saturated rings. The van der Waals surface area contributed by atoms with Gasteiger partial charge < -0.3 is 16.0 Å². The number of nitrogens with zero attached hydrogens (tertiary/aromatic N) is 1. The number of nitrogens with one attached hydrogen (secondary N) is 1. The van der Waals surface area contributed by atoms with E-state index in [1.807, 2.05) is 12.1 Å². The second kappa shape index (κ2) is 6.27. The molecule has 1 aliphatic heterocycles. The number of fused-ring (bicyclic) bond motifs is 1. The van der Waals surface area contributed by atoms with Crippen molar-refractivity contribution in [3.05, 3.63) is 23.8 Å². The summed E-state index contributed by atoms with van der Waals surface area (Å²) in [6.45, 7) is 7.66. The fourth-order valence-electron chi connectivity index (χ4n) is 2.67. The van der Waals surface area contributed by atoms with Crippen molar-refractivity contribution in [1.82, 2.24) is 0 Å². The predicted molar refractivity (Wildman–Crippen MR) is 84.0 cm³/mol. The monoisotopic (exact) mass is 275 g/mol. The van der Waals surface area contributed by atoms with Gasteiger partial charge in [-0.05, 0) is 32.4 Å². The number of rotatable bonds is 6. The summed E-state index contributed by atoms with van der Waals surface area (Å²) in [5.74, 6) is -0.112. The Morgan fingerprint density at radius 3 is 2.75 bits per heavy atom. The van der Waals surface area contributed by atoms with Crippen molar-refractivity contribution in [2.24, 2.45) is 5.73 Å². The minimum absolute atomic E-state index is 0.112. The number of hydrogen-bond acceptors (Lipinski definition) is 3. The van der Waals surface area contributed by atoms with Crippen molar-refractivity contribution in [1.29, 1.82) is 0 Å². The van der Waals surface area contributed by atoms with Crippen molar-refractivity contribution in [2.45, 2.75) is 52.1 Å². The largest absolute Gasteiger partial charge is 0.369 e. The van der Waals surface area contributed by atoms with Crippen molar-refractivity contribution in [3.63, 3.8) is 0 Å². The Balaban J connectivity index is 2.18. The standard InChI is InChI=1S/C16H25N3O/c1-4-5-6-9-19(11(2)3)12-7-8-13-14(10-12)18-16(20)15(13)17/h7-8,10-11,15H,4-6,9,17H2,1-3H3,(H,18,20). The number of unbranched alkanes of at least 4 members (excludes halogenated alkanes) is 2. The molecule has 3 N–H and O–H groups in total. The molecule has 0 saturated carbocycles. The minimum atomic E-state index is -0.522. The van der Waals surface area contributed by atoms with Crippen LogP contribution in [0.2, 0.25) is 0 Å². The van der Waals surface area contributed by atoms with E-state index >= 15 is 0 Å². The SMILES string of the molecule is CCCCCN(c1ccc2c(c1)NC(=O)C2N)C(C)C. The molecule has 2 rings (SSSR count). The summed E-state index contributed by atoms with van der Waals surface area (Å²) in [5, 5.41) is 2.86. The molecular formula is C16H25N3O. The van der Waals surface area contributed by atoms with E-state index in [1.54, 1.807) is 0 Å². The molecule has 4 nitrogen and oxygen atoms in total. The highest BCUT2D eigenvalue weighted by atomic mass is 16.2. The molecule has 1 amide bonds. The first-order chi connectivity index (χ1) is 9.54. The number of anilines is 2. The molecule has 0 bridgehead atoms. The fraction of sp³-hybridized carbons (Fsp3) is 0.562. The zero-order chi connectivity index (χ0) is 14.7. The van der Waals surface area contributed by atoms with Gasteiger partial charge in [0.25, 0.3) is 0 Å². The van der Waals surface area contributed by atoms with Gasteiger partial charge in [-0.25, -0.2) is 0 Å². The van der Waals surface area contributed by atoms with Gasteiger partial charge in [-0.15, -0.1) is 0 Å². The van der Waals surface area contributed by atoms with Gasteiger partial charge in [0, 0.05) is 29.5 Å². The Hall–Kier alpha value is -1.55. The molecule has 1 unspecified atom stereocenters. The summed E-state index contributed by atoms with van der Waals surface area (Å²) in [6.07, 6.45) is 3.66. The lowest BCUT2D eigenvalue weighted by atomic mass is 10.1. The van der Waals surface area contributed by atoms with Gasteiger partial charge >= 0.3 is 0 Å². The molecular weight excluding hydrogens is 250 g/mol. The molecule has 20 heavy (non-hydrogen) atoms. The summed E-state index contributed by atoms with van der Waals surface area (Å²) >= 11 is 0. The molecule has 0 aliphatic carbocycles. The molecule has 110 valence electrons. The van der Waals surface area contributed by atoms with E-state index in [0.717, 1.165) is 23.5 Å². The summed E-state index contributed by atoms with van der Waals surface area (Å²) < 4.78 is 0.